The van der Waals surface area contributed by atoms with Crippen molar-refractivity contribution in [3.63, 3.8) is 0 Å². The van der Waals surface area contributed by atoms with Crippen molar-refractivity contribution in [3.05, 3.63) is 77.9 Å². The van der Waals surface area contributed by atoms with E-state index in [9.17, 15) is 10.0 Å². The van der Waals surface area contributed by atoms with Crippen molar-refractivity contribution in [1.29, 1.82) is 5.41 Å². The summed E-state index contributed by atoms with van der Waals surface area (Å²) in [5.41, 5.74) is 5.28. The lowest BCUT2D eigenvalue weighted by Crippen LogP contribution is -2.13. The quantitative estimate of drug-likeness (QED) is 0.328. The van der Waals surface area contributed by atoms with Crippen molar-refractivity contribution in [3.8, 4) is 11.4 Å². The second-order valence-electron chi connectivity index (χ2n) is 7.55. The SMILES string of the molecule is CC(=N)c1ccc2nc(-c3ccc(NC(=O)c4ccc(N(C)C)cc4)cc3)n(O)c2c1. The monoisotopic (exact) mass is 413 g/mol. The molecule has 0 unspecified atom stereocenters. The number of aromatic nitrogens is 2. The molecule has 31 heavy (non-hydrogen) atoms. The van der Waals surface area contributed by atoms with Gasteiger partial charge in [-0.15, -0.1) is 0 Å². The van der Waals surface area contributed by atoms with Gasteiger partial charge in [0, 0.05) is 42.3 Å². The number of imidazole rings is 1. The van der Waals surface area contributed by atoms with Crippen LogP contribution in [0.3, 0.4) is 0 Å². The zero-order valence-electron chi connectivity index (χ0n) is 17.5. The average molecular weight is 413 g/mol. The van der Waals surface area contributed by atoms with Gasteiger partial charge in [-0.1, -0.05) is 6.07 Å². The molecule has 0 saturated heterocycles. The molecule has 0 fully saturated rings. The van der Waals surface area contributed by atoms with Gasteiger partial charge in [0.1, 0.15) is 5.52 Å². The van der Waals surface area contributed by atoms with Crippen LogP contribution in [0.15, 0.2) is 66.7 Å². The summed E-state index contributed by atoms with van der Waals surface area (Å²) in [7, 11) is 3.90. The van der Waals surface area contributed by atoms with Gasteiger partial charge < -0.3 is 20.8 Å². The Morgan fingerprint density at radius 2 is 1.65 bits per heavy atom. The molecule has 1 amide bonds. The third-order valence-electron chi connectivity index (χ3n) is 5.11. The smallest absolute Gasteiger partial charge is 0.255 e. The van der Waals surface area contributed by atoms with Gasteiger partial charge in [0.05, 0.1) is 5.52 Å². The molecule has 3 N–H and O–H groups in total. The van der Waals surface area contributed by atoms with E-state index in [-0.39, 0.29) is 5.91 Å². The van der Waals surface area contributed by atoms with Gasteiger partial charge in [-0.25, -0.2) is 4.98 Å². The van der Waals surface area contributed by atoms with Crippen molar-refractivity contribution in [2.24, 2.45) is 0 Å². The predicted octanol–water partition coefficient (Wildman–Crippen LogP) is 4.65. The summed E-state index contributed by atoms with van der Waals surface area (Å²) < 4.78 is 1.03. The highest BCUT2D eigenvalue weighted by Gasteiger charge is 2.14. The fourth-order valence-electron chi connectivity index (χ4n) is 3.30. The highest BCUT2D eigenvalue weighted by Crippen LogP contribution is 2.26. The van der Waals surface area contributed by atoms with Gasteiger partial charge in [0.2, 0.25) is 0 Å². The van der Waals surface area contributed by atoms with Gasteiger partial charge in [-0.2, -0.15) is 4.73 Å². The summed E-state index contributed by atoms with van der Waals surface area (Å²) >= 11 is 0. The molecule has 1 aromatic heterocycles. The van der Waals surface area contributed by atoms with Crippen LogP contribution >= 0.6 is 0 Å². The number of benzene rings is 3. The number of nitrogens with one attached hydrogen (secondary N) is 2. The highest BCUT2D eigenvalue weighted by atomic mass is 16.5. The topological polar surface area (TPSA) is 94.2 Å². The first-order chi connectivity index (χ1) is 14.8. The summed E-state index contributed by atoms with van der Waals surface area (Å²) in [5.74, 6) is 0.203. The standard InChI is InChI=1S/C24H23N5O2/c1-15(25)18-8-13-21-22(14-18)29(31)23(27-21)16-4-9-19(10-5-16)26-24(30)17-6-11-20(12-7-17)28(2)3/h4-14,25,31H,1-3H3,(H,26,30). The molecule has 7 heteroatoms. The first-order valence-electron chi connectivity index (χ1n) is 9.80. The number of rotatable bonds is 5. The third kappa shape index (κ3) is 3.98. The number of nitrogens with zero attached hydrogens (tertiary/aromatic N) is 3. The van der Waals surface area contributed by atoms with Crippen LogP contribution in [-0.2, 0) is 0 Å². The maximum atomic E-state index is 12.5. The van der Waals surface area contributed by atoms with Crippen molar-refractivity contribution in [2.45, 2.75) is 6.92 Å². The lowest BCUT2D eigenvalue weighted by molar-refractivity contribution is 0.102. The van der Waals surface area contributed by atoms with E-state index < -0.39 is 0 Å². The number of hydrogen-bond donors (Lipinski definition) is 3. The van der Waals surface area contributed by atoms with E-state index in [2.05, 4.69) is 10.3 Å². The van der Waals surface area contributed by atoms with Crippen molar-refractivity contribution >= 4 is 34.0 Å². The molecule has 0 aliphatic carbocycles. The molecule has 3 aromatic carbocycles. The molecular formula is C24H23N5O2. The molecule has 1 heterocycles. The van der Waals surface area contributed by atoms with Gasteiger partial charge >= 0.3 is 0 Å². The Morgan fingerprint density at radius 3 is 2.26 bits per heavy atom. The van der Waals surface area contributed by atoms with Crippen molar-refractivity contribution in [2.75, 3.05) is 24.3 Å². The van der Waals surface area contributed by atoms with Crippen molar-refractivity contribution in [1.82, 2.24) is 9.71 Å². The van der Waals surface area contributed by atoms with Crippen LogP contribution in [0.2, 0.25) is 0 Å². The summed E-state index contributed by atoms with van der Waals surface area (Å²) in [6.07, 6.45) is 0. The van der Waals surface area contributed by atoms with Gasteiger partial charge in [0.25, 0.3) is 5.91 Å². The normalized spacial score (nSPS) is 10.8. The average Bonchev–Trinajstić information content (AvgIpc) is 3.10. The van der Waals surface area contributed by atoms with Crippen LogP contribution in [0.5, 0.6) is 0 Å². The highest BCUT2D eigenvalue weighted by molar-refractivity contribution is 6.04. The molecule has 0 atom stereocenters. The molecule has 0 aliphatic rings. The number of fused-ring (bicyclic) bond motifs is 1. The van der Waals surface area contributed by atoms with E-state index in [0.717, 1.165) is 16.0 Å². The molecule has 0 bridgehead atoms. The van der Waals surface area contributed by atoms with E-state index in [1.807, 2.05) is 37.2 Å². The number of amides is 1. The Balaban J connectivity index is 1.55. The second-order valence-corrected chi connectivity index (χ2v) is 7.55. The van der Waals surface area contributed by atoms with E-state index >= 15 is 0 Å². The summed E-state index contributed by atoms with van der Waals surface area (Å²) in [4.78, 5) is 19.0. The van der Waals surface area contributed by atoms with Crippen LogP contribution in [0.1, 0.15) is 22.8 Å². The largest absolute Gasteiger partial charge is 0.426 e. The van der Waals surface area contributed by atoms with Gasteiger partial charge in [0.15, 0.2) is 5.82 Å². The zero-order valence-corrected chi connectivity index (χ0v) is 17.5. The minimum atomic E-state index is -0.193. The fraction of sp³-hybridized carbons (Fsp3) is 0.125. The molecule has 0 spiro atoms. The lowest BCUT2D eigenvalue weighted by atomic mass is 10.1. The number of anilines is 2. The number of carbonyl (C=O) groups excluding carboxylic acids is 1. The molecule has 156 valence electrons. The first kappa shape index (κ1) is 20.2. The maximum absolute atomic E-state index is 12.5. The summed E-state index contributed by atoms with van der Waals surface area (Å²) in [5, 5.41) is 21.2. The Kier molecular flexibility index (Phi) is 5.17. The molecule has 0 radical (unpaired) electrons. The van der Waals surface area contributed by atoms with E-state index in [4.69, 9.17) is 5.41 Å². The fourth-order valence-corrected chi connectivity index (χ4v) is 3.30. The maximum Gasteiger partial charge on any atom is 0.255 e. The van der Waals surface area contributed by atoms with E-state index in [1.54, 1.807) is 55.5 Å². The van der Waals surface area contributed by atoms with Crippen LogP contribution in [-0.4, -0.2) is 40.6 Å². The predicted molar refractivity (Wildman–Crippen MR) is 124 cm³/mol. The summed E-state index contributed by atoms with van der Waals surface area (Å²) in [6.45, 7) is 1.70. The van der Waals surface area contributed by atoms with Crippen LogP contribution in [0, 0.1) is 5.41 Å². The Bertz CT molecular complexity index is 1270. The summed E-state index contributed by atoms with van der Waals surface area (Å²) in [6, 6.07) is 19.8. The van der Waals surface area contributed by atoms with E-state index in [1.165, 1.54) is 0 Å². The van der Waals surface area contributed by atoms with Crippen LogP contribution in [0.4, 0.5) is 11.4 Å². The van der Waals surface area contributed by atoms with Crippen molar-refractivity contribution < 1.29 is 10.0 Å². The third-order valence-corrected chi connectivity index (χ3v) is 5.11. The van der Waals surface area contributed by atoms with Crippen LogP contribution < -0.4 is 10.2 Å². The minimum absolute atomic E-state index is 0.193. The molecule has 0 saturated carbocycles. The van der Waals surface area contributed by atoms with Gasteiger partial charge in [-0.3, -0.25) is 4.79 Å². The van der Waals surface area contributed by atoms with Crippen LogP contribution in [0.25, 0.3) is 22.4 Å². The molecule has 0 aliphatic heterocycles. The molecule has 7 nitrogen and oxygen atoms in total. The lowest BCUT2D eigenvalue weighted by Gasteiger charge is -2.12. The van der Waals surface area contributed by atoms with E-state index in [0.29, 0.717) is 39.4 Å². The Hall–Kier alpha value is -4.13. The molecular weight excluding hydrogens is 390 g/mol. The zero-order chi connectivity index (χ0) is 22.1. The minimum Gasteiger partial charge on any atom is -0.426 e. The second kappa shape index (κ2) is 7.95. The Morgan fingerprint density at radius 1 is 1.00 bits per heavy atom. The Labute approximate surface area is 180 Å². The number of hydrogen-bond acceptors (Lipinski definition) is 5. The molecule has 4 rings (SSSR count). The van der Waals surface area contributed by atoms with Gasteiger partial charge in [-0.05, 0) is 73.2 Å². The first-order valence-corrected chi connectivity index (χ1v) is 9.80. The molecule has 4 aromatic rings. The number of carbonyl (C=O) groups is 1.